The molecule has 0 fully saturated rings. The SMILES string of the molecule is COCCn1c(=NC(=O)c2cc3ccccc3cc2OC)sc2cc(F)ccc21. The molecule has 1 amide bonds. The minimum absolute atomic E-state index is 0.327. The molecule has 1 heterocycles. The first kappa shape index (κ1) is 19.3. The second-order valence-electron chi connectivity index (χ2n) is 6.46. The molecular formula is C22H19FN2O3S. The van der Waals surface area contributed by atoms with Crippen molar-refractivity contribution >= 4 is 38.2 Å². The van der Waals surface area contributed by atoms with Gasteiger partial charge in [0.1, 0.15) is 11.6 Å². The van der Waals surface area contributed by atoms with Gasteiger partial charge >= 0.3 is 0 Å². The molecule has 148 valence electrons. The molecule has 0 atom stereocenters. The maximum atomic E-state index is 13.7. The van der Waals surface area contributed by atoms with Crippen LogP contribution in [0.4, 0.5) is 4.39 Å². The van der Waals surface area contributed by atoms with Gasteiger partial charge in [-0.15, -0.1) is 0 Å². The Morgan fingerprint density at radius 3 is 2.59 bits per heavy atom. The first-order valence-corrected chi connectivity index (χ1v) is 9.86. The molecule has 0 spiro atoms. The van der Waals surface area contributed by atoms with E-state index in [1.54, 1.807) is 19.2 Å². The zero-order valence-electron chi connectivity index (χ0n) is 16.0. The van der Waals surface area contributed by atoms with Crippen molar-refractivity contribution in [1.29, 1.82) is 0 Å². The highest BCUT2D eigenvalue weighted by Crippen LogP contribution is 2.27. The number of fused-ring (bicyclic) bond motifs is 2. The van der Waals surface area contributed by atoms with Crippen molar-refractivity contribution in [2.24, 2.45) is 4.99 Å². The fourth-order valence-electron chi connectivity index (χ4n) is 3.23. The second kappa shape index (κ2) is 8.14. The maximum absolute atomic E-state index is 13.7. The van der Waals surface area contributed by atoms with Gasteiger partial charge in [-0.1, -0.05) is 35.6 Å². The number of halogens is 1. The molecule has 0 aliphatic rings. The van der Waals surface area contributed by atoms with Crippen molar-refractivity contribution in [3.05, 3.63) is 70.8 Å². The lowest BCUT2D eigenvalue weighted by Crippen LogP contribution is -2.19. The standard InChI is InChI=1S/C22H19FN2O3S/c1-27-10-9-25-18-8-7-16(23)13-20(18)29-22(25)24-21(26)17-11-14-5-3-4-6-15(14)12-19(17)28-2/h3-8,11-13H,9-10H2,1-2H3. The lowest BCUT2D eigenvalue weighted by Gasteiger charge is -2.08. The summed E-state index contributed by atoms with van der Waals surface area (Å²) in [5.41, 5.74) is 1.19. The summed E-state index contributed by atoms with van der Waals surface area (Å²) < 4.78 is 26.9. The monoisotopic (exact) mass is 410 g/mol. The first-order chi connectivity index (χ1) is 14.1. The molecule has 7 heteroatoms. The molecule has 0 aliphatic carbocycles. The van der Waals surface area contributed by atoms with Crippen LogP contribution in [0, 0.1) is 5.82 Å². The van der Waals surface area contributed by atoms with Crippen LogP contribution >= 0.6 is 11.3 Å². The van der Waals surface area contributed by atoms with Crippen LogP contribution in [0.2, 0.25) is 0 Å². The lowest BCUT2D eigenvalue weighted by molar-refractivity contribution is 0.0994. The molecule has 0 aliphatic heterocycles. The molecule has 3 aromatic carbocycles. The molecule has 1 aromatic heterocycles. The van der Waals surface area contributed by atoms with E-state index in [0.29, 0.717) is 29.3 Å². The number of methoxy groups -OCH3 is 2. The van der Waals surface area contributed by atoms with E-state index in [4.69, 9.17) is 9.47 Å². The van der Waals surface area contributed by atoms with Gasteiger partial charge < -0.3 is 14.0 Å². The number of ether oxygens (including phenoxy) is 2. The normalized spacial score (nSPS) is 12.0. The van der Waals surface area contributed by atoms with Crippen LogP contribution in [-0.2, 0) is 11.3 Å². The Hall–Kier alpha value is -3.03. The Kier molecular flexibility index (Phi) is 5.42. The molecule has 0 unspecified atom stereocenters. The summed E-state index contributed by atoms with van der Waals surface area (Å²) in [5, 5.41) is 1.91. The van der Waals surface area contributed by atoms with E-state index >= 15 is 0 Å². The van der Waals surface area contributed by atoms with E-state index in [1.165, 1.54) is 30.6 Å². The van der Waals surface area contributed by atoms with Crippen molar-refractivity contribution in [3.8, 4) is 5.75 Å². The van der Waals surface area contributed by atoms with Crippen molar-refractivity contribution in [2.45, 2.75) is 6.54 Å². The first-order valence-electron chi connectivity index (χ1n) is 9.04. The molecule has 29 heavy (non-hydrogen) atoms. The second-order valence-corrected chi connectivity index (χ2v) is 7.47. The summed E-state index contributed by atoms with van der Waals surface area (Å²) >= 11 is 1.27. The highest BCUT2D eigenvalue weighted by atomic mass is 32.1. The van der Waals surface area contributed by atoms with Crippen LogP contribution < -0.4 is 9.54 Å². The van der Waals surface area contributed by atoms with Crippen LogP contribution in [0.3, 0.4) is 0 Å². The number of hydrogen-bond donors (Lipinski definition) is 0. The molecule has 0 radical (unpaired) electrons. The van der Waals surface area contributed by atoms with E-state index < -0.39 is 5.91 Å². The number of aromatic nitrogens is 1. The van der Waals surface area contributed by atoms with Crippen LogP contribution in [0.1, 0.15) is 10.4 Å². The molecule has 0 bridgehead atoms. The van der Waals surface area contributed by atoms with Crippen LogP contribution in [0.25, 0.3) is 21.0 Å². The average Bonchev–Trinajstić information content (AvgIpc) is 3.06. The van der Waals surface area contributed by atoms with Crippen molar-refractivity contribution < 1.29 is 18.7 Å². The third-order valence-corrected chi connectivity index (χ3v) is 5.70. The zero-order valence-corrected chi connectivity index (χ0v) is 16.8. The number of benzene rings is 3. The molecule has 4 aromatic rings. The van der Waals surface area contributed by atoms with Gasteiger partial charge in [-0.05, 0) is 41.1 Å². The molecule has 0 saturated carbocycles. The molecule has 0 N–H and O–H groups in total. The van der Waals surface area contributed by atoms with Crippen molar-refractivity contribution in [3.63, 3.8) is 0 Å². The Morgan fingerprint density at radius 1 is 1.10 bits per heavy atom. The van der Waals surface area contributed by atoms with Gasteiger partial charge in [0.05, 0.1) is 29.5 Å². The van der Waals surface area contributed by atoms with Gasteiger partial charge in [0.15, 0.2) is 4.80 Å². The van der Waals surface area contributed by atoms with Crippen LogP contribution in [-0.4, -0.2) is 31.3 Å². The minimum atomic E-state index is -0.411. The minimum Gasteiger partial charge on any atom is -0.496 e. The van der Waals surface area contributed by atoms with Gasteiger partial charge in [0.2, 0.25) is 0 Å². The number of carbonyl (C=O) groups excluding carboxylic acids is 1. The molecular weight excluding hydrogens is 391 g/mol. The van der Waals surface area contributed by atoms with E-state index in [-0.39, 0.29) is 5.82 Å². The smallest absolute Gasteiger partial charge is 0.283 e. The predicted octanol–water partition coefficient (Wildman–Crippen LogP) is 4.39. The quantitative estimate of drug-likeness (QED) is 0.490. The van der Waals surface area contributed by atoms with Gasteiger partial charge in [0, 0.05) is 13.7 Å². The maximum Gasteiger partial charge on any atom is 0.283 e. The van der Waals surface area contributed by atoms with E-state index in [0.717, 1.165) is 21.0 Å². The highest BCUT2D eigenvalue weighted by molar-refractivity contribution is 7.16. The number of carbonyl (C=O) groups is 1. The summed E-state index contributed by atoms with van der Waals surface area (Å²) in [4.78, 5) is 17.9. The number of hydrogen-bond acceptors (Lipinski definition) is 4. The topological polar surface area (TPSA) is 52.8 Å². The Balaban J connectivity index is 1.86. The summed E-state index contributed by atoms with van der Waals surface area (Å²) in [6.45, 7) is 0.951. The fourth-order valence-corrected chi connectivity index (χ4v) is 4.31. The number of nitrogens with zero attached hydrogens (tertiary/aromatic N) is 2. The Morgan fingerprint density at radius 2 is 1.86 bits per heavy atom. The fraction of sp³-hybridized carbons (Fsp3) is 0.182. The number of thiazole rings is 1. The zero-order chi connectivity index (χ0) is 20.4. The largest absolute Gasteiger partial charge is 0.496 e. The van der Waals surface area contributed by atoms with Crippen molar-refractivity contribution in [1.82, 2.24) is 4.57 Å². The van der Waals surface area contributed by atoms with Crippen LogP contribution in [0.15, 0.2) is 59.6 Å². The van der Waals surface area contributed by atoms with Crippen molar-refractivity contribution in [2.75, 3.05) is 20.8 Å². The molecule has 5 nitrogen and oxygen atoms in total. The highest BCUT2D eigenvalue weighted by Gasteiger charge is 2.15. The Labute approximate surface area is 170 Å². The van der Waals surface area contributed by atoms with E-state index in [2.05, 4.69) is 4.99 Å². The number of amides is 1. The summed E-state index contributed by atoms with van der Waals surface area (Å²) in [7, 11) is 3.14. The summed E-state index contributed by atoms with van der Waals surface area (Å²) in [6.07, 6.45) is 0. The third kappa shape index (κ3) is 3.79. The van der Waals surface area contributed by atoms with Gasteiger partial charge in [-0.2, -0.15) is 4.99 Å². The third-order valence-electron chi connectivity index (χ3n) is 4.66. The average molecular weight is 410 g/mol. The van der Waals surface area contributed by atoms with E-state index in [1.807, 2.05) is 34.9 Å². The van der Waals surface area contributed by atoms with Crippen LogP contribution in [0.5, 0.6) is 5.75 Å². The predicted molar refractivity (Wildman–Crippen MR) is 112 cm³/mol. The molecule has 4 rings (SSSR count). The molecule has 0 saturated heterocycles. The lowest BCUT2D eigenvalue weighted by atomic mass is 10.1. The summed E-state index contributed by atoms with van der Waals surface area (Å²) in [5.74, 6) is -0.273. The number of rotatable bonds is 5. The summed E-state index contributed by atoms with van der Waals surface area (Å²) in [6, 6.07) is 15.9. The van der Waals surface area contributed by atoms with Gasteiger partial charge in [-0.3, -0.25) is 4.79 Å². The van der Waals surface area contributed by atoms with Gasteiger partial charge in [-0.25, -0.2) is 4.39 Å². The van der Waals surface area contributed by atoms with Gasteiger partial charge in [0.25, 0.3) is 5.91 Å². The Bertz CT molecular complexity index is 1280. The van der Waals surface area contributed by atoms with E-state index in [9.17, 15) is 9.18 Å².